The molecule has 1 aromatic carbocycles. The first kappa shape index (κ1) is 17.6. The van der Waals surface area contributed by atoms with E-state index in [1.807, 2.05) is 35.2 Å². The third-order valence-corrected chi connectivity index (χ3v) is 5.72. The van der Waals surface area contributed by atoms with E-state index in [-0.39, 0.29) is 11.3 Å². The molecule has 1 spiro atoms. The highest BCUT2D eigenvalue weighted by Crippen LogP contribution is 2.42. The lowest BCUT2D eigenvalue weighted by atomic mass is 9.77. The number of carbonyl (C=O) groups is 1. The number of anilines is 2. The molecule has 7 heteroatoms. The lowest BCUT2D eigenvalue weighted by Gasteiger charge is -2.39. The SMILES string of the molecule is COc1cccc(CN2CC3(CCN(c4ccnc(N)n4)CC3)CC2=O)c1. The number of methoxy groups -OCH3 is 1. The van der Waals surface area contributed by atoms with Crippen LogP contribution in [0.3, 0.4) is 0 Å². The molecular weight excluding hydrogens is 342 g/mol. The highest BCUT2D eigenvalue weighted by molar-refractivity contribution is 5.79. The minimum atomic E-state index is 0.0744. The molecule has 2 saturated heterocycles. The second kappa shape index (κ2) is 7.06. The average Bonchev–Trinajstić information content (AvgIpc) is 2.97. The average molecular weight is 367 g/mol. The number of benzene rings is 1. The standard InChI is InChI=1S/C20H25N5O2/c1-27-16-4-2-3-15(11-16)13-25-14-20(12-18(25)26)6-9-24(10-7-20)17-5-8-22-19(21)23-17/h2-5,8,11H,6-7,9-10,12-14H2,1H3,(H2,21,22,23). The predicted molar refractivity (Wildman–Crippen MR) is 103 cm³/mol. The molecule has 2 N–H and O–H groups in total. The van der Waals surface area contributed by atoms with Gasteiger partial charge in [-0.05, 0) is 36.6 Å². The van der Waals surface area contributed by atoms with E-state index >= 15 is 0 Å². The Balaban J connectivity index is 1.40. The number of nitrogens with zero attached hydrogens (tertiary/aromatic N) is 4. The second-order valence-corrected chi connectivity index (χ2v) is 7.54. The van der Waals surface area contributed by atoms with Gasteiger partial charge in [-0.25, -0.2) is 4.98 Å². The highest BCUT2D eigenvalue weighted by Gasteiger charge is 2.44. The summed E-state index contributed by atoms with van der Waals surface area (Å²) in [4.78, 5) is 25.1. The van der Waals surface area contributed by atoms with Crippen LogP contribution in [0.2, 0.25) is 0 Å². The van der Waals surface area contributed by atoms with Crippen molar-refractivity contribution in [2.75, 3.05) is 37.4 Å². The second-order valence-electron chi connectivity index (χ2n) is 7.54. The summed E-state index contributed by atoms with van der Waals surface area (Å²) >= 11 is 0. The number of hydrogen-bond donors (Lipinski definition) is 1. The first-order valence-corrected chi connectivity index (χ1v) is 9.31. The first-order valence-electron chi connectivity index (χ1n) is 9.31. The van der Waals surface area contributed by atoms with Crippen LogP contribution >= 0.6 is 0 Å². The Kier molecular flexibility index (Phi) is 4.59. The summed E-state index contributed by atoms with van der Waals surface area (Å²) < 4.78 is 5.29. The number of nitrogens with two attached hydrogens (primary N) is 1. The van der Waals surface area contributed by atoms with E-state index < -0.39 is 0 Å². The smallest absolute Gasteiger partial charge is 0.223 e. The van der Waals surface area contributed by atoms with Crippen LogP contribution in [0.15, 0.2) is 36.5 Å². The Hall–Kier alpha value is -2.83. The molecule has 3 heterocycles. The molecule has 142 valence electrons. The predicted octanol–water partition coefficient (Wildman–Crippen LogP) is 2.09. The summed E-state index contributed by atoms with van der Waals surface area (Å²) in [6.07, 6.45) is 4.29. The summed E-state index contributed by atoms with van der Waals surface area (Å²) in [5.74, 6) is 2.24. The van der Waals surface area contributed by atoms with Crippen LogP contribution in [0.1, 0.15) is 24.8 Å². The van der Waals surface area contributed by atoms with Crippen molar-refractivity contribution in [3.8, 4) is 5.75 Å². The van der Waals surface area contributed by atoms with Crippen LogP contribution < -0.4 is 15.4 Å². The number of ether oxygens (including phenoxy) is 1. The van der Waals surface area contributed by atoms with Crippen molar-refractivity contribution in [3.05, 3.63) is 42.1 Å². The van der Waals surface area contributed by atoms with Gasteiger partial charge in [-0.2, -0.15) is 4.98 Å². The van der Waals surface area contributed by atoms with Crippen molar-refractivity contribution >= 4 is 17.7 Å². The van der Waals surface area contributed by atoms with Crippen molar-refractivity contribution in [2.45, 2.75) is 25.8 Å². The minimum absolute atomic E-state index is 0.0744. The summed E-state index contributed by atoms with van der Waals surface area (Å²) in [5.41, 5.74) is 6.88. The molecule has 1 aromatic heterocycles. The molecule has 27 heavy (non-hydrogen) atoms. The van der Waals surface area contributed by atoms with Crippen molar-refractivity contribution < 1.29 is 9.53 Å². The fourth-order valence-electron chi connectivity index (χ4n) is 4.20. The fourth-order valence-corrected chi connectivity index (χ4v) is 4.20. The van der Waals surface area contributed by atoms with E-state index in [9.17, 15) is 4.79 Å². The van der Waals surface area contributed by atoms with Gasteiger partial charge in [0, 0.05) is 44.2 Å². The van der Waals surface area contributed by atoms with Gasteiger partial charge in [-0.3, -0.25) is 4.79 Å². The number of hydrogen-bond acceptors (Lipinski definition) is 6. The van der Waals surface area contributed by atoms with E-state index in [2.05, 4.69) is 14.9 Å². The van der Waals surface area contributed by atoms with E-state index in [0.717, 1.165) is 49.6 Å². The molecule has 7 nitrogen and oxygen atoms in total. The van der Waals surface area contributed by atoms with Crippen LogP contribution in [0, 0.1) is 5.41 Å². The van der Waals surface area contributed by atoms with Gasteiger partial charge >= 0.3 is 0 Å². The number of likely N-dealkylation sites (tertiary alicyclic amines) is 1. The van der Waals surface area contributed by atoms with Crippen molar-refractivity contribution in [2.24, 2.45) is 5.41 Å². The third kappa shape index (κ3) is 3.67. The zero-order valence-corrected chi connectivity index (χ0v) is 15.6. The molecule has 2 aliphatic rings. The minimum Gasteiger partial charge on any atom is -0.497 e. The summed E-state index contributed by atoms with van der Waals surface area (Å²) in [6.45, 7) is 3.24. The Morgan fingerprint density at radius 1 is 1.26 bits per heavy atom. The summed E-state index contributed by atoms with van der Waals surface area (Å²) in [5, 5.41) is 0. The van der Waals surface area contributed by atoms with Crippen molar-refractivity contribution in [1.29, 1.82) is 0 Å². The number of piperidine rings is 1. The maximum atomic E-state index is 12.6. The maximum Gasteiger partial charge on any atom is 0.223 e. The van der Waals surface area contributed by atoms with Crippen LogP contribution in [0.5, 0.6) is 5.75 Å². The highest BCUT2D eigenvalue weighted by atomic mass is 16.5. The van der Waals surface area contributed by atoms with E-state index in [1.165, 1.54) is 0 Å². The van der Waals surface area contributed by atoms with Crippen molar-refractivity contribution in [1.82, 2.24) is 14.9 Å². The van der Waals surface area contributed by atoms with Crippen LogP contribution in [0.4, 0.5) is 11.8 Å². The van der Waals surface area contributed by atoms with E-state index in [0.29, 0.717) is 18.9 Å². The zero-order valence-electron chi connectivity index (χ0n) is 15.6. The monoisotopic (exact) mass is 367 g/mol. The molecule has 1 amide bonds. The molecule has 2 aliphatic heterocycles. The molecule has 4 rings (SSSR count). The van der Waals surface area contributed by atoms with Gasteiger partial charge in [-0.15, -0.1) is 0 Å². The quantitative estimate of drug-likeness (QED) is 0.891. The maximum absolute atomic E-state index is 12.6. The summed E-state index contributed by atoms with van der Waals surface area (Å²) in [6, 6.07) is 9.83. The molecule has 0 saturated carbocycles. The molecular formula is C20H25N5O2. The molecule has 2 fully saturated rings. The van der Waals surface area contributed by atoms with Crippen LogP contribution in [0.25, 0.3) is 0 Å². The molecule has 2 aromatic rings. The van der Waals surface area contributed by atoms with Crippen LogP contribution in [-0.4, -0.2) is 47.5 Å². The van der Waals surface area contributed by atoms with Crippen LogP contribution in [-0.2, 0) is 11.3 Å². The number of aromatic nitrogens is 2. The number of rotatable bonds is 4. The largest absolute Gasteiger partial charge is 0.497 e. The Bertz CT molecular complexity index is 833. The Morgan fingerprint density at radius 3 is 2.81 bits per heavy atom. The van der Waals surface area contributed by atoms with E-state index in [1.54, 1.807) is 13.3 Å². The molecule has 0 aliphatic carbocycles. The molecule has 0 radical (unpaired) electrons. The molecule has 0 atom stereocenters. The lowest BCUT2D eigenvalue weighted by molar-refractivity contribution is -0.128. The number of nitrogen functional groups attached to an aromatic ring is 1. The van der Waals surface area contributed by atoms with Gasteiger partial charge in [0.05, 0.1) is 7.11 Å². The zero-order chi connectivity index (χ0) is 18.9. The van der Waals surface area contributed by atoms with Gasteiger partial charge in [0.15, 0.2) is 0 Å². The number of carbonyl (C=O) groups excluding carboxylic acids is 1. The lowest BCUT2D eigenvalue weighted by Crippen LogP contribution is -2.42. The molecule has 0 bridgehead atoms. The fraction of sp³-hybridized carbons (Fsp3) is 0.450. The topological polar surface area (TPSA) is 84.6 Å². The van der Waals surface area contributed by atoms with Crippen molar-refractivity contribution in [3.63, 3.8) is 0 Å². The van der Waals surface area contributed by atoms with Gasteiger partial charge in [0.1, 0.15) is 11.6 Å². The number of amides is 1. The molecule has 0 unspecified atom stereocenters. The third-order valence-electron chi connectivity index (χ3n) is 5.72. The van der Waals surface area contributed by atoms with E-state index in [4.69, 9.17) is 10.5 Å². The van der Waals surface area contributed by atoms with Gasteiger partial charge < -0.3 is 20.3 Å². The van der Waals surface area contributed by atoms with Gasteiger partial charge in [0.25, 0.3) is 0 Å². The van der Waals surface area contributed by atoms with Gasteiger partial charge in [0.2, 0.25) is 11.9 Å². The first-order chi connectivity index (χ1) is 13.1. The van der Waals surface area contributed by atoms with Gasteiger partial charge in [-0.1, -0.05) is 12.1 Å². The Morgan fingerprint density at radius 2 is 2.07 bits per heavy atom. The summed E-state index contributed by atoms with van der Waals surface area (Å²) in [7, 11) is 1.66. The normalized spacial score (nSPS) is 18.9. The Labute approximate surface area is 159 Å².